The van der Waals surface area contributed by atoms with E-state index in [1.54, 1.807) is 0 Å². The minimum atomic E-state index is -5.22. The van der Waals surface area contributed by atoms with Crippen molar-refractivity contribution in [2.24, 2.45) is 0 Å². The molecule has 0 saturated heterocycles. The van der Waals surface area contributed by atoms with Crippen LogP contribution in [0, 0.1) is 21.7 Å². The molecule has 0 aliphatic rings. The molecule has 2 aromatic carbocycles. The van der Waals surface area contributed by atoms with Gasteiger partial charge in [0.25, 0.3) is 0 Å². The smallest absolute Gasteiger partial charge is 0.434 e. The Kier molecular flexibility index (Phi) is 6.56. The summed E-state index contributed by atoms with van der Waals surface area (Å²) >= 11 is 0. The lowest BCUT2D eigenvalue weighted by atomic mass is 9.96. The molecular weight excluding hydrogens is 453 g/mol. The van der Waals surface area contributed by atoms with Crippen molar-refractivity contribution >= 4 is 23.2 Å². The molecule has 172 valence electrons. The lowest BCUT2D eigenvalue weighted by Crippen LogP contribution is -2.21. The van der Waals surface area contributed by atoms with Crippen molar-refractivity contribution in [1.29, 1.82) is 0 Å². The third-order valence-electron chi connectivity index (χ3n) is 4.34. The van der Waals surface area contributed by atoms with Gasteiger partial charge in [0.2, 0.25) is 5.82 Å². The number of carbonyl (C=O) groups excluding carboxylic acids is 1. The number of benzene rings is 2. The molecule has 0 aliphatic carbocycles. The number of nitro groups is 1. The quantitative estimate of drug-likeness (QED) is 0.211. The summed E-state index contributed by atoms with van der Waals surface area (Å²) < 4.78 is 73.2. The topological polar surface area (TPSA) is 94.4 Å². The first-order chi connectivity index (χ1) is 15.5. The van der Waals surface area contributed by atoms with Crippen LogP contribution < -0.4 is 5.32 Å². The van der Waals surface area contributed by atoms with Gasteiger partial charge in [-0.25, -0.2) is 18.6 Å². The van der Waals surface area contributed by atoms with Crippen molar-refractivity contribution in [3.8, 4) is 11.1 Å². The van der Waals surface area contributed by atoms with Crippen molar-refractivity contribution in [3.05, 3.63) is 81.5 Å². The zero-order valence-electron chi connectivity index (χ0n) is 16.7. The highest BCUT2D eigenvalue weighted by Crippen LogP contribution is 2.44. The molecule has 12 heteroatoms. The first kappa shape index (κ1) is 23.6. The molecule has 0 radical (unpaired) electrons. The minimum absolute atomic E-state index is 0.00550. The van der Waals surface area contributed by atoms with Crippen LogP contribution in [0.4, 0.5) is 39.1 Å². The molecule has 0 aliphatic heterocycles. The van der Waals surface area contributed by atoms with E-state index in [0.717, 1.165) is 48.5 Å². The Morgan fingerprint density at radius 3 is 2.09 bits per heavy atom. The first-order valence-electron chi connectivity index (χ1n) is 9.28. The van der Waals surface area contributed by atoms with Gasteiger partial charge in [-0.1, -0.05) is 12.1 Å². The maximum atomic E-state index is 13.9. The van der Waals surface area contributed by atoms with Gasteiger partial charge in [-0.15, -0.1) is 0 Å². The second kappa shape index (κ2) is 9.18. The molecular formula is C21H14F5N3O4. The third-order valence-corrected chi connectivity index (χ3v) is 4.34. The fourth-order valence-electron chi connectivity index (χ4n) is 3.02. The van der Waals surface area contributed by atoms with Gasteiger partial charge < -0.3 is 10.1 Å². The average Bonchev–Trinajstić information content (AvgIpc) is 2.74. The molecule has 33 heavy (non-hydrogen) atoms. The van der Waals surface area contributed by atoms with E-state index >= 15 is 0 Å². The zero-order chi connectivity index (χ0) is 24.3. The molecule has 0 atom stereocenters. The second-order valence-electron chi connectivity index (χ2n) is 6.52. The summed E-state index contributed by atoms with van der Waals surface area (Å²) in [5.41, 5.74) is -4.93. The number of pyridine rings is 1. The van der Waals surface area contributed by atoms with Gasteiger partial charge in [0, 0.05) is 5.69 Å². The SMILES string of the molecule is CCOC(=O)c1c(C(F)(F)F)nc(Nc2ccc(F)cc2)c([N+](=O)[O-])c1-c1ccc(F)cc1. The summed E-state index contributed by atoms with van der Waals surface area (Å²) in [6.07, 6.45) is -5.22. The normalized spacial score (nSPS) is 11.2. The van der Waals surface area contributed by atoms with Gasteiger partial charge in [0.1, 0.15) is 17.2 Å². The number of nitrogens with zero attached hydrogens (tertiary/aromatic N) is 2. The molecule has 0 bridgehead atoms. The number of alkyl halides is 3. The second-order valence-corrected chi connectivity index (χ2v) is 6.52. The molecule has 0 fully saturated rings. The van der Waals surface area contributed by atoms with E-state index in [4.69, 9.17) is 4.74 Å². The largest absolute Gasteiger partial charge is 0.462 e. The fourth-order valence-corrected chi connectivity index (χ4v) is 3.02. The molecule has 0 unspecified atom stereocenters. The van der Waals surface area contributed by atoms with E-state index in [1.807, 2.05) is 0 Å². The van der Waals surface area contributed by atoms with Crippen LogP contribution in [0.25, 0.3) is 11.1 Å². The molecule has 1 aromatic heterocycles. The van der Waals surface area contributed by atoms with Crippen molar-refractivity contribution in [3.63, 3.8) is 0 Å². The molecule has 1 N–H and O–H groups in total. The summed E-state index contributed by atoms with van der Waals surface area (Å²) in [6, 6.07) is 7.93. The van der Waals surface area contributed by atoms with E-state index in [9.17, 15) is 36.9 Å². The number of anilines is 2. The summed E-state index contributed by atoms with van der Waals surface area (Å²) in [7, 11) is 0. The van der Waals surface area contributed by atoms with Crippen LogP contribution >= 0.6 is 0 Å². The van der Waals surface area contributed by atoms with Gasteiger partial charge in [-0.05, 0) is 48.9 Å². The average molecular weight is 467 g/mol. The number of aromatic nitrogens is 1. The summed E-state index contributed by atoms with van der Waals surface area (Å²) in [5.74, 6) is -3.75. The monoisotopic (exact) mass is 467 g/mol. The van der Waals surface area contributed by atoms with Crippen LogP contribution in [0.2, 0.25) is 0 Å². The van der Waals surface area contributed by atoms with Crippen LogP contribution in [-0.4, -0.2) is 22.5 Å². The van der Waals surface area contributed by atoms with Gasteiger partial charge in [0.05, 0.1) is 17.1 Å². The standard InChI is InChI=1S/C21H14F5N3O4/c1-2-33-20(30)16-15(11-3-5-12(22)6-4-11)17(29(31)32)19(28-18(16)21(24,25)26)27-14-9-7-13(23)8-10-14/h3-10H,2H2,1H3,(H,27,28). The zero-order valence-corrected chi connectivity index (χ0v) is 16.7. The van der Waals surface area contributed by atoms with Crippen molar-refractivity contribution in [1.82, 2.24) is 4.98 Å². The molecule has 7 nitrogen and oxygen atoms in total. The lowest BCUT2D eigenvalue weighted by Gasteiger charge is -2.18. The molecule has 0 saturated carbocycles. The maximum absolute atomic E-state index is 13.9. The fraction of sp³-hybridized carbons (Fsp3) is 0.143. The number of ether oxygens (including phenoxy) is 1. The van der Waals surface area contributed by atoms with E-state index < -0.39 is 57.0 Å². The highest BCUT2D eigenvalue weighted by Gasteiger charge is 2.44. The van der Waals surface area contributed by atoms with Crippen LogP contribution in [0.1, 0.15) is 23.0 Å². The predicted octanol–water partition coefficient (Wildman–Crippen LogP) is 5.87. The Balaban J connectivity index is 2.42. The van der Waals surface area contributed by atoms with Crippen LogP contribution in [0.5, 0.6) is 0 Å². The molecule has 3 rings (SSSR count). The summed E-state index contributed by atoms with van der Waals surface area (Å²) in [5, 5.41) is 14.3. The van der Waals surface area contributed by atoms with Crippen LogP contribution in [-0.2, 0) is 10.9 Å². The number of nitrogens with one attached hydrogen (secondary N) is 1. The Bertz CT molecular complexity index is 1200. The summed E-state index contributed by atoms with van der Waals surface area (Å²) in [6.45, 7) is 1.03. The Morgan fingerprint density at radius 1 is 1.06 bits per heavy atom. The molecule has 3 aromatic rings. The molecule has 0 amide bonds. The Hall–Kier alpha value is -4.09. The number of hydrogen-bond acceptors (Lipinski definition) is 6. The Labute approximate surface area is 183 Å². The number of hydrogen-bond donors (Lipinski definition) is 1. The van der Waals surface area contributed by atoms with Crippen molar-refractivity contribution < 1.29 is 36.4 Å². The number of rotatable bonds is 6. The van der Waals surface area contributed by atoms with E-state index in [1.165, 1.54) is 6.92 Å². The third kappa shape index (κ3) is 5.05. The van der Waals surface area contributed by atoms with Crippen molar-refractivity contribution in [2.75, 3.05) is 11.9 Å². The molecule has 0 spiro atoms. The highest BCUT2D eigenvalue weighted by atomic mass is 19.4. The van der Waals surface area contributed by atoms with E-state index in [-0.39, 0.29) is 17.9 Å². The number of carbonyl (C=O) groups is 1. The van der Waals surface area contributed by atoms with Gasteiger partial charge in [-0.3, -0.25) is 10.1 Å². The van der Waals surface area contributed by atoms with Gasteiger partial charge in [-0.2, -0.15) is 13.2 Å². The van der Waals surface area contributed by atoms with E-state index in [2.05, 4.69) is 10.3 Å². The summed E-state index contributed by atoms with van der Waals surface area (Å²) in [4.78, 5) is 26.8. The van der Waals surface area contributed by atoms with Crippen LogP contribution in [0.3, 0.4) is 0 Å². The van der Waals surface area contributed by atoms with Gasteiger partial charge in [0.15, 0.2) is 5.69 Å². The van der Waals surface area contributed by atoms with E-state index in [0.29, 0.717) is 0 Å². The number of halogens is 5. The Morgan fingerprint density at radius 2 is 1.61 bits per heavy atom. The van der Waals surface area contributed by atoms with Crippen LogP contribution in [0.15, 0.2) is 48.5 Å². The molecule has 1 heterocycles. The maximum Gasteiger partial charge on any atom is 0.434 e. The van der Waals surface area contributed by atoms with Crippen molar-refractivity contribution in [2.45, 2.75) is 13.1 Å². The van der Waals surface area contributed by atoms with Gasteiger partial charge >= 0.3 is 17.8 Å². The number of esters is 1. The minimum Gasteiger partial charge on any atom is -0.462 e. The lowest BCUT2D eigenvalue weighted by molar-refractivity contribution is -0.383. The first-order valence-corrected chi connectivity index (χ1v) is 9.28. The highest BCUT2D eigenvalue weighted by molar-refractivity contribution is 6.03. The predicted molar refractivity (Wildman–Crippen MR) is 107 cm³/mol.